The van der Waals surface area contributed by atoms with Gasteiger partial charge in [0.05, 0.1) is 30.6 Å². The Morgan fingerprint density at radius 2 is 1.60 bits per heavy atom. The third-order valence-corrected chi connectivity index (χ3v) is 5.34. The van der Waals surface area contributed by atoms with Crippen LogP contribution in [-0.4, -0.2) is 32.1 Å². The number of carbonyl (C=O) groups excluding carboxylic acids is 3. The predicted molar refractivity (Wildman–Crippen MR) is 137 cm³/mol. The molecule has 0 saturated carbocycles. The third kappa shape index (κ3) is 6.58. The van der Waals surface area contributed by atoms with E-state index in [0.717, 1.165) is 4.31 Å². The van der Waals surface area contributed by atoms with Crippen molar-refractivity contribution in [3.63, 3.8) is 0 Å². The number of carbonyl (C=O) groups is 3. The van der Waals surface area contributed by atoms with Crippen LogP contribution in [0.4, 0.5) is 21.9 Å². The lowest BCUT2D eigenvalue weighted by molar-refractivity contribution is -0.131. The van der Waals surface area contributed by atoms with Crippen LogP contribution in [0.3, 0.4) is 0 Å². The second kappa shape index (κ2) is 11.5. The number of urea groups is 1. The Morgan fingerprint density at radius 3 is 2.23 bits per heavy atom. The molecular formula is C24H22ClN3O6S. The number of nitrogens with one attached hydrogen (secondary N) is 2. The lowest BCUT2D eigenvalue weighted by atomic mass is 10.2. The summed E-state index contributed by atoms with van der Waals surface area (Å²) >= 11 is 10.4. The van der Waals surface area contributed by atoms with E-state index >= 15 is 0 Å². The Hall–Kier alpha value is -3.89. The summed E-state index contributed by atoms with van der Waals surface area (Å²) in [6.45, 7) is 1.28. The van der Waals surface area contributed by atoms with Crippen LogP contribution in [-0.2, 0) is 4.79 Å². The maximum Gasteiger partial charge on any atom is 0.336 e. The van der Waals surface area contributed by atoms with E-state index in [1.165, 1.54) is 33.3 Å². The molecule has 3 amide bonds. The summed E-state index contributed by atoms with van der Waals surface area (Å²) in [6, 6.07) is 15.2. The summed E-state index contributed by atoms with van der Waals surface area (Å²) < 4.78 is 16.5. The van der Waals surface area contributed by atoms with Crippen LogP contribution in [0, 0.1) is 0 Å². The van der Waals surface area contributed by atoms with Crippen LogP contribution in [0.1, 0.15) is 17.3 Å². The zero-order valence-corrected chi connectivity index (χ0v) is 20.6. The number of amides is 3. The zero-order chi connectivity index (χ0) is 25.5. The van der Waals surface area contributed by atoms with Crippen molar-refractivity contribution in [2.45, 2.75) is 6.92 Å². The van der Waals surface area contributed by atoms with Gasteiger partial charge in [-0.2, -0.15) is 0 Å². The molecule has 0 unspecified atom stereocenters. The highest BCUT2D eigenvalue weighted by molar-refractivity contribution is 7.82. The molecule has 182 valence electrons. The number of hydrogen-bond donors (Lipinski definition) is 3. The molecule has 0 spiro atoms. The first-order valence-electron chi connectivity index (χ1n) is 10.1. The minimum Gasteiger partial charge on any atom is -0.495 e. The van der Waals surface area contributed by atoms with Crippen molar-refractivity contribution >= 4 is 59.4 Å². The van der Waals surface area contributed by atoms with E-state index < -0.39 is 17.9 Å². The normalized spacial score (nSPS) is 10.2. The van der Waals surface area contributed by atoms with Gasteiger partial charge in [0.25, 0.3) is 5.91 Å². The summed E-state index contributed by atoms with van der Waals surface area (Å²) in [5.74, 6) is 0.159. The summed E-state index contributed by atoms with van der Waals surface area (Å²) in [4.78, 5) is 36.4. The highest BCUT2D eigenvalue weighted by atomic mass is 35.5. The maximum absolute atomic E-state index is 12.7. The fraction of sp³-hybridized carbons (Fsp3) is 0.125. The highest BCUT2D eigenvalue weighted by Crippen LogP contribution is 2.36. The van der Waals surface area contributed by atoms with E-state index in [4.69, 9.17) is 25.8 Å². The molecule has 0 fully saturated rings. The number of nitrogens with zero attached hydrogens (tertiary/aromatic N) is 1. The molecule has 3 rings (SSSR count). The number of methoxy groups -OCH3 is 2. The molecule has 0 aromatic heterocycles. The molecule has 0 atom stereocenters. The maximum atomic E-state index is 12.7. The first kappa shape index (κ1) is 25.7. The Morgan fingerprint density at radius 1 is 0.914 bits per heavy atom. The van der Waals surface area contributed by atoms with Gasteiger partial charge in [-0.15, -0.1) is 0 Å². The van der Waals surface area contributed by atoms with Crippen molar-refractivity contribution in [2.75, 3.05) is 29.2 Å². The number of hydrogen-bond acceptors (Lipinski definition) is 7. The Labute approximate surface area is 212 Å². The zero-order valence-electron chi connectivity index (χ0n) is 19.0. The van der Waals surface area contributed by atoms with Crippen LogP contribution in [0.5, 0.6) is 17.2 Å². The number of benzene rings is 3. The van der Waals surface area contributed by atoms with Crippen LogP contribution in [0.2, 0.25) is 5.02 Å². The second-order valence-corrected chi connectivity index (χ2v) is 7.86. The summed E-state index contributed by atoms with van der Waals surface area (Å²) in [7, 11) is 2.93. The number of anilines is 3. The number of halogens is 1. The molecule has 0 heterocycles. The van der Waals surface area contributed by atoms with Gasteiger partial charge in [0.1, 0.15) is 17.2 Å². The molecule has 11 heteroatoms. The lowest BCUT2D eigenvalue weighted by Gasteiger charge is -2.19. The van der Waals surface area contributed by atoms with Gasteiger partial charge < -0.3 is 24.8 Å². The van der Waals surface area contributed by atoms with E-state index in [-0.39, 0.29) is 5.75 Å². The molecule has 0 aliphatic carbocycles. The fourth-order valence-electron chi connectivity index (χ4n) is 3.00. The standard InChI is InChI=1S/C24H22ClN3O6S/c1-14(29)34-18-6-4-5-15(11-18)23(30)26-16-7-9-17(10-8-16)28(35)24(31)27-20-12-19(25)21(32-2)13-22(20)33-3/h4-13,35H,1-3H3,(H,26,30)(H,27,31). The van der Waals surface area contributed by atoms with Crippen molar-refractivity contribution in [1.29, 1.82) is 0 Å². The molecule has 3 aromatic rings. The number of thiol groups is 1. The van der Waals surface area contributed by atoms with Crippen LogP contribution in [0.25, 0.3) is 0 Å². The first-order valence-corrected chi connectivity index (χ1v) is 10.9. The van der Waals surface area contributed by atoms with Gasteiger partial charge in [-0.05, 0) is 48.5 Å². The van der Waals surface area contributed by atoms with E-state index in [0.29, 0.717) is 39.1 Å². The predicted octanol–water partition coefficient (Wildman–Crippen LogP) is 5.42. The Balaban J connectivity index is 1.67. The topological polar surface area (TPSA) is 106 Å². The SMILES string of the molecule is COc1cc(OC)c(NC(=O)N(S)c2ccc(NC(=O)c3cccc(OC(C)=O)c3)cc2)cc1Cl. The quantitative estimate of drug-likeness (QED) is 0.220. The summed E-state index contributed by atoms with van der Waals surface area (Å²) in [5, 5.41) is 5.72. The van der Waals surface area contributed by atoms with Crippen molar-refractivity contribution in [1.82, 2.24) is 0 Å². The average Bonchev–Trinajstić information content (AvgIpc) is 2.84. The minimum absolute atomic E-state index is 0.270. The molecule has 9 nitrogen and oxygen atoms in total. The minimum atomic E-state index is -0.563. The number of esters is 1. The highest BCUT2D eigenvalue weighted by Gasteiger charge is 2.17. The summed E-state index contributed by atoms with van der Waals surface area (Å²) in [5.41, 5.74) is 1.58. The van der Waals surface area contributed by atoms with Crippen molar-refractivity contribution in [2.24, 2.45) is 0 Å². The lowest BCUT2D eigenvalue weighted by Crippen LogP contribution is -2.27. The van der Waals surface area contributed by atoms with Gasteiger partial charge in [-0.3, -0.25) is 9.59 Å². The van der Waals surface area contributed by atoms with E-state index in [9.17, 15) is 14.4 Å². The Bertz CT molecular complexity index is 1250. The third-order valence-electron chi connectivity index (χ3n) is 4.64. The van der Waals surface area contributed by atoms with Gasteiger partial charge in [0.2, 0.25) is 0 Å². The first-order chi connectivity index (χ1) is 16.7. The molecular weight excluding hydrogens is 494 g/mol. The molecule has 0 aliphatic heterocycles. The fourth-order valence-corrected chi connectivity index (χ4v) is 3.42. The van der Waals surface area contributed by atoms with Crippen LogP contribution in [0.15, 0.2) is 60.7 Å². The largest absolute Gasteiger partial charge is 0.495 e. The monoisotopic (exact) mass is 515 g/mol. The van der Waals surface area contributed by atoms with Gasteiger partial charge in [0, 0.05) is 24.2 Å². The molecule has 0 saturated heterocycles. The van der Waals surface area contributed by atoms with Gasteiger partial charge in [0.15, 0.2) is 0 Å². The van der Waals surface area contributed by atoms with E-state index in [2.05, 4.69) is 23.4 Å². The number of ether oxygens (including phenoxy) is 3. The van der Waals surface area contributed by atoms with Crippen LogP contribution >= 0.6 is 24.4 Å². The molecule has 0 radical (unpaired) electrons. The van der Waals surface area contributed by atoms with Crippen molar-refractivity contribution < 1.29 is 28.6 Å². The second-order valence-electron chi connectivity index (χ2n) is 7.05. The van der Waals surface area contributed by atoms with Crippen molar-refractivity contribution in [3.05, 3.63) is 71.2 Å². The van der Waals surface area contributed by atoms with Crippen LogP contribution < -0.4 is 29.1 Å². The van der Waals surface area contributed by atoms with Gasteiger partial charge >= 0.3 is 12.0 Å². The molecule has 35 heavy (non-hydrogen) atoms. The molecule has 2 N–H and O–H groups in total. The molecule has 0 aliphatic rings. The van der Waals surface area contributed by atoms with E-state index in [1.807, 2.05) is 0 Å². The smallest absolute Gasteiger partial charge is 0.336 e. The van der Waals surface area contributed by atoms with Gasteiger partial charge in [-0.1, -0.05) is 30.5 Å². The number of rotatable bonds is 7. The van der Waals surface area contributed by atoms with Crippen molar-refractivity contribution in [3.8, 4) is 17.2 Å². The van der Waals surface area contributed by atoms with Gasteiger partial charge in [-0.25, -0.2) is 9.10 Å². The summed E-state index contributed by atoms with van der Waals surface area (Å²) in [6.07, 6.45) is 0. The molecule has 0 bridgehead atoms. The molecule has 3 aromatic carbocycles. The average molecular weight is 516 g/mol. The van der Waals surface area contributed by atoms with E-state index in [1.54, 1.807) is 48.5 Å². The Kier molecular flexibility index (Phi) is 8.45.